The lowest BCUT2D eigenvalue weighted by atomic mass is 10.0. The van der Waals surface area contributed by atoms with Crippen molar-refractivity contribution in [2.75, 3.05) is 39.5 Å². The molecule has 28 heavy (non-hydrogen) atoms. The summed E-state index contributed by atoms with van der Waals surface area (Å²) in [4.78, 5) is 14.9. The fourth-order valence-corrected chi connectivity index (χ4v) is 3.28. The average molecular weight is 403 g/mol. The Kier molecular flexibility index (Phi) is 7.31. The molecule has 150 valence electrons. The number of amides is 1. The lowest BCUT2D eigenvalue weighted by Gasteiger charge is -2.31. The first kappa shape index (κ1) is 20.6. The van der Waals surface area contributed by atoms with Crippen molar-refractivity contribution in [1.29, 1.82) is 0 Å². The molecular weight excluding hydrogens is 376 g/mol. The number of morpholine rings is 1. The molecule has 1 saturated heterocycles. The summed E-state index contributed by atoms with van der Waals surface area (Å²) < 4.78 is 11.1. The van der Waals surface area contributed by atoms with Gasteiger partial charge in [0.2, 0.25) is 0 Å². The number of hydrogen-bond acceptors (Lipinski definition) is 4. The smallest absolute Gasteiger partial charge is 0.258 e. The van der Waals surface area contributed by atoms with Crippen molar-refractivity contribution in [1.82, 2.24) is 10.2 Å². The van der Waals surface area contributed by atoms with Crippen molar-refractivity contribution in [3.63, 3.8) is 0 Å². The molecule has 5 nitrogen and oxygen atoms in total. The Morgan fingerprint density at radius 3 is 2.57 bits per heavy atom. The van der Waals surface area contributed by atoms with Gasteiger partial charge in [-0.3, -0.25) is 9.69 Å². The van der Waals surface area contributed by atoms with E-state index in [0.29, 0.717) is 10.8 Å². The highest BCUT2D eigenvalue weighted by molar-refractivity contribution is 6.31. The minimum absolute atomic E-state index is 0.0352. The van der Waals surface area contributed by atoms with Crippen LogP contribution in [0.15, 0.2) is 42.5 Å². The summed E-state index contributed by atoms with van der Waals surface area (Å²) in [5.41, 5.74) is 3.21. The third kappa shape index (κ3) is 5.96. The molecule has 1 aliphatic rings. The van der Waals surface area contributed by atoms with Crippen LogP contribution in [0, 0.1) is 13.8 Å². The van der Waals surface area contributed by atoms with E-state index in [2.05, 4.69) is 41.4 Å². The molecule has 2 aromatic rings. The number of nitrogens with zero attached hydrogens (tertiary/aromatic N) is 1. The fourth-order valence-electron chi connectivity index (χ4n) is 3.17. The van der Waals surface area contributed by atoms with Gasteiger partial charge in [-0.15, -0.1) is 0 Å². The van der Waals surface area contributed by atoms with Gasteiger partial charge in [0.25, 0.3) is 5.91 Å². The third-order valence-corrected chi connectivity index (χ3v) is 5.28. The Morgan fingerprint density at radius 1 is 1.18 bits per heavy atom. The molecule has 0 radical (unpaired) electrons. The van der Waals surface area contributed by atoms with Crippen molar-refractivity contribution >= 4 is 17.5 Å². The summed E-state index contributed by atoms with van der Waals surface area (Å²) in [5.74, 6) is 0.489. The third-order valence-electron chi connectivity index (χ3n) is 4.86. The van der Waals surface area contributed by atoms with Crippen molar-refractivity contribution < 1.29 is 14.3 Å². The monoisotopic (exact) mass is 402 g/mol. The zero-order chi connectivity index (χ0) is 19.9. The van der Waals surface area contributed by atoms with E-state index in [1.807, 2.05) is 13.0 Å². The number of nitrogens with one attached hydrogen (secondary N) is 1. The molecule has 1 atom stereocenters. The summed E-state index contributed by atoms with van der Waals surface area (Å²) in [6.07, 6.45) is 0. The highest BCUT2D eigenvalue weighted by Gasteiger charge is 2.20. The number of hydrogen-bond donors (Lipinski definition) is 1. The molecule has 0 aromatic heterocycles. The molecule has 3 rings (SSSR count). The predicted octanol–water partition coefficient (Wildman–Crippen LogP) is 3.53. The second-order valence-electron chi connectivity index (χ2n) is 7.14. The highest BCUT2D eigenvalue weighted by atomic mass is 35.5. The Labute approximate surface area is 171 Å². The standard InChI is InChI=1S/C22H27ClN2O3/c1-16-3-5-18(6-4-16)21(14-25-9-11-27-12-10-25)24-22(26)15-28-19-7-8-20(23)17(2)13-19/h3-8,13,21H,9-12,14-15H2,1-2H3,(H,24,26). The van der Waals surface area contributed by atoms with Gasteiger partial charge in [0.05, 0.1) is 19.3 Å². The molecule has 1 amide bonds. The maximum absolute atomic E-state index is 12.6. The zero-order valence-electron chi connectivity index (χ0n) is 16.4. The summed E-state index contributed by atoms with van der Waals surface area (Å²) >= 11 is 6.04. The first-order valence-corrected chi connectivity index (χ1v) is 9.94. The van der Waals surface area contributed by atoms with Crippen molar-refractivity contribution in [3.8, 4) is 5.75 Å². The van der Waals surface area contributed by atoms with Crippen LogP contribution in [0.4, 0.5) is 0 Å². The maximum atomic E-state index is 12.6. The van der Waals surface area contributed by atoms with Crippen molar-refractivity contribution in [2.24, 2.45) is 0 Å². The van der Waals surface area contributed by atoms with Crippen LogP contribution in [-0.4, -0.2) is 50.3 Å². The predicted molar refractivity (Wildman–Crippen MR) is 111 cm³/mol. The quantitative estimate of drug-likeness (QED) is 0.769. The number of ether oxygens (including phenoxy) is 2. The van der Waals surface area contributed by atoms with Crippen LogP contribution in [-0.2, 0) is 9.53 Å². The van der Waals surface area contributed by atoms with Crippen LogP contribution in [0.2, 0.25) is 5.02 Å². The maximum Gasteiger partial charge on any atom is 0.258 e. The van der Waals surface area contributed by atoms with E-state index >= 15 is 0 Å². The van der Waals surface area contributed by atoms with Crippen LogP contribution in [0.25, 0.3) is 0 Å². The number of aryl methyl sites for hydroxylation is 2. The molecule has 2 aromatic carbocycles. The van der Waals surface area contributed by atoms with E-state index in [1.54, 1.807) is 12.1 Å². The molecule has 0 saturated carbocycles. The first-order valence-electron chi connectivity index (χ1n) is 9.56. The average Bonchev–Trinajstić information content (AvgIpc) is 2.70. The molecule has 6 heteroatoms. The molecule has 1 unspecified atom stereocenters. The largest absolute Gasteiger partial charge is 0.484 e. The summed E-state index contributed by atoms with van der Waals surface area (Å²) in [6.45, 7) is 7.88. The molecule has 1 aliphatic heterocycles. The number of carbonyl (C=O) groups is 1. The van der Waals surface area contributed by atoms with Gasteiger partial charge in [-0.05, 0) is 43.2 Å². The minimum Gasteiger partial charge on any atom is -0.484 e. The van der Waals surface area contributed by atoms with Gasteiger partial charge in [-0.1, -0.05) is 41.4 Å². The van der Waals surface area contributed by atoms with Gasteiger partial charge in [-0.2, -0.15) is 0 Å². The molecule has 1 fully saturated rings. The summed E-state index contributed by atoms with van der Waals surface area (Å²) in [6, 6.07) is 13.6. The van der Waals surface area contributed by atoms with E-state index in [9.17, 15) is 4.79 Å². The Morgan fingerprint density at radius 2 is 1.89 bits per heavy atom. The van der Waals surface area contributed by atoms with Gasteiger partial charge in [0.1, 0.15) is 5.75 Å². The lowest BCUT2D eigenvalue weighted by Crippen LogP contribution is -2.44. The molecule has 1 N–H and O–H groups in total. The Bertz CT molecular complexity index is 789. The number of halogens is 1. The Balaban J connectivity index is 1.62. The fraction of sp³-hybridized carbons (Fsp3) is 0.409. The molecular formula is C22H27ClN2O3. The van der Waals surface area contributed by atoms with Crippen LogP contribution in [0.5, 0.6) is 5.75 Å². The van der Waals surface area contributed by atoms with E-state index in [-0.39, 0.29) is 18.6 Å². The highest BCUT2D eigenvalue weighted by Crippen LogP contribution is 2.21. The van der Waals surface area contributed by atoms with E-state index in [0.717, 1.165) is 44.0 Å². The zero-order valence-corrected chi connectivity index (χ0v) is 17.2. The molecule has 0 spiro atoms. The van der Waals surface area contributed by atoms with Gasteiger partial charge in [0.15, 0.2) is 6.61 Å². The minimum atomic E-state index is -0.147. The van der Waals surface area contributed by atoms with Crippen LogP contribution >= 0.6 is 11.6 Å². The van der Waals surface area contributed by atoms with E-state index in [1.165, 1.54) is 5.56 Å². The summed E-state index contributed by atoms with van der Waals surface area (Å²) in [5, 5.41) is 3.81. The van der Waals surface area contributed by atoms with Gasteiger partial charge in [-0.25, -0.2) is 0 Å². The second kappa shape index (κ2) is 9.92. The molecule has 0 bridgehead atoms. The van der Waals surface area contributed by atoms with Crippen LogP contribution in [0.1, 0.15) is 22.7 Å². The lowest BCUT2D eigenvalue weighted by molar-refractivity contribution is -0.124. The van der Waals surface area contributed by atoms with Gasteiger partial charge >= 0.3 is 0 Å². The molecule has 0 aliphatic carbocycles. The SMILES string of the molecule is Cc1ccc(C(CN2CCOCC2)NC(=O)COc2ccc(Cl)c(C)c2)cc1. The van der Waals surface area contributed by atoms with Crippen LogP contribution in [0.3, 0.4) is 0 Å². The van der Waals surface area contributed by atoms with Crippen molar-refractivity contribution in [2.45, 2.75) is 19.9 Å². The van der Waals surface area contributed by atoms with E-state index in [4.69, 9.17) is 21.1 Å². The number of carbonyl (C=O) groups excluding carboxylic acids is 1. The normalized spacial score (nSPS) is 15.8. The number of benzene rings is 2. The van der Waals surface area contributed by atoms with Crippen LogP contribution < -0.4 is 10.1 Å². The first-order chi connectivity index (χ1) is 13.5. The van der Waals surface area contributed by atoms with Gasteiger partial charge < -0.3 is 14.8 Å². The Hall–Kier alpha value is -2.08. The van der Waals surface area contributed by atoms with Gasteiger partial charge in [0, 0.05) is 24.7 Å². The van der Waals surface area contributed by atoms with Crippen molar-refractivity contribution in [3.05, 3.63) is 64.2 Å². The van der Waals surface area contributed by atoms with E-state index < -0.39 is 0 Å². The number of rotatable bonds is 7. The molecule has 1 heterocycles. The second-order valence-corrected chi connectivity index (χ2v) is 7.55. The summed E-state index contributed by atoms with van der Waals surface area (Å²) in [7, 11) is 0. The topological polar surface area (TPSA) is 50.8 Å².